The molecule has 4 nitrogen and oxygen atoms in total. The van der Waals surface area contributed by atoms with Gasteiger partial charge in [0.2, 0.25) is 0 Å². The lowest BCUT2D eigenvalue weighted by Gasteiger charge is -2.03. The third-order valence-electron chi connectivity index (χ3n) is 1.49. The first kappa shape index (κ1) is 10.2. The van der Waals surface area contributed by atoms with E-state index in [-0.39, 0.29) is 5.56 Å². The van der Waals surface area contributed by atoms with Gasteiger partial charge in [-0.2, -0.15) is 0 Å². The van der Waals surface area contributed by atoms with Gasteiger partial charge in [-0.05, 0) is 0 Å². The van der Waals surface area contributed by atoms with Crippen molar-refractivity contribution in [2.24, 2.45) is 0 Å². The minimum Gasteiger partial charge on any atom is -0.378 e. The molecule has 0 fully saturated rings. The average Bonchev–Trinajstić information content (AvgIpc) is 2.15. The van der Waals surface area contributed by atoms with Gasteiger partial charge in [-0.3, -0.25) is 9.36 Å². The molecule has 0 amide bonds. The van der Waals surface area contributed by atoms with Crippen molar-refractivity contribution < 1.29 is 4.74 Å². The molecule has 0 saturated carbocycles. The van der Waals surface area contributed by atoms with Gasteiger partial charge in [-0.1, -0.05) is 0 Å². The highest BCUT2D eigenvalue weighted by Crippen LogP contribution is 1.82. The Morgan fingerprint density at radius 2 is 2.38 bits per heavy atom. The van der Waals surface area contributed by atoms with Crippen molar-refractivity contribution in [1.29, 1.82) is 0 Å². The Morgan fingerprint density at radius 3 is 3.08 bits per heavy atom. The van der Waals surface area contributed by atoms with Crippen LogP contribution in [-0.2, 0) is 11.3 Å². The maximum Gasteiger partial charge on any atom is 0.253 e. The zero-order valence-corrected chi connectivity index (χ0v) is 7.91. The second-order valence-electron chi connectivity index (χ2n) is 2.41. The first-order valence-electron chi connectivity index (χ1n) is 3.99. The normalized spacial score (nSPS) is 10.2. The van der Waals surface area contributed by atoms with E-state index in [0.29, 0.717) is 25.6 Å². The van der Waals surface area contributed by atoms with Crippen LogP contribution in [0, 0.1) is 0 Å². The molecule has 1 aromatic rings. The fourth-order valence-electron chi connectivity index (χ4n) is 0.866. The molecule has 0 aromatic carbocycles. The van der Waals surface area contributed by atoms with Gasteiger partial charge in [-0.15, -0.1) is 11.6 Å². The van der Waals surface area contributed by atoms with Crippen molar-refractivity contribution in [1.82, 2.24) is 9.55 Å². The van der Waals surface area contributed by atoms with Gasteiger partial charge in [0.15, 0.2) is 0 Å². The molecular weight excluding hydrogens is 192 g/mol. The van der Waals surface area contributed by atoms with E-state index in [1.54, 1.807) is 0 Å². The lowest BCUT2D eigenvalue weighted by Crippen LogP contribution is -2.21. The minimum absolute atomic E-state index is 0.0653. The summed E-state index contributed by atoms with van der Waals surface area (Å²) in [5.41, 5.74) is -0.0653. The van der Waals surface area contributed by atoms with Crippen LogP contribution in [0.2, 0.25) is 0 Å². The number of aromatic nitrogens is 2. The lowest BCUT2D eigenvalue weighted by molar-refractivity contribution is 0.139. The molecule has 0 aliphatic carbocycles. The van der Waals surface area contributed by atoms with E-state index in [9.17, 15) is 4.79 Å². The van der Waals surface area contributed by atoms with Crippen LogP contribution in [0.4, 0.5) is 0 Å². The van der Waals surface area contributed by atoms with Crippen molar-refractivity contribution in [2.75, 3.05) is 19.1 Å². The zero-order chi connectivity index (χ0) is 9.52. The summed E-state index contributed by atoms with van der Waals surface area (Å²) in [6.07, 6.45) is 2.96. The van der Waals surface area contributed by atoms with Crippen molar-refractivity contribution in [3.05, 3.63) is 28.9 Å². The van der Waals surface area contributed by atoms with Crippen LogP contribution < -0.4 is 5.56 Å². The van der Waals surface area contributed by atoms with Crippen LogP contribution in [0.3, 0.4) is 0 Å². The molecule has 0 aliphatic rings. The zero-order valence-electron chi connectivity index (χ0n) is 7.15. The Balaban J connectivity index is 2.37. The highest BCUT2D eigenvalue weighted by molar-refractivity contribution is 6.17. The number of nitrogens with zero attached hydrogens (tertiary/aromatic N) is 2. The highest BCUT2D eigenvalue weighted by Gasteiger charge is 1.93. The molecule has 1 heterocycles. The van der Waals surface area contributed by atoms with Crippen LogP contribution >= 0.6 is 11.6 Å². The number of hydrogen-bond donors (Lipinski definition) is 0. The molecule has 0 spiro atoms. The summed E-state index contributed by atoms with van der Waals surface area (Å²) in [5.74, 6) is 0.474. The molecule has 5 heteroatoms. The Hall–Kier alpha value is -0.870. The van der Waals surface area contributed by atoms with Crippen molar-refractivity contribution in [3.63, 3.8) is 0 Å². The van der Waals surface area contributed by atoms with E-state index in [2.05, 4.69) is 4.98 Å². The summed E-state index contributed by atoms with van der Waals surface area (Å²) in [4.78, 5) is 15.0. The molecule has 1 aromatic heterocycles. The van der Waals surface area contributed by atoms with Crippen LogP contribution in [0.25, 0.3) is 0 Å². The Kier molecular flexibility index (Phi) is 4.49. The molecule has 0 unspecified atom stereocenters. The lowest BCUT2D eigenvalue weighted by atomic mass is 10.6. The van der Waals surface area contributed by atoms with Gasteiger partial charge >= 0.3 is 0 Å². The molecule has 0 aliphatic heterocycles. The summed E-state index contributed by atoms with van der Waals surface area (Å²) in [6, 6.07) is 1.42. The first-order valence-corrected chi connectivity index (χ1v) is 4.52. The summed E-state index contributed by atoms with van der Waals surface area (Å²) in [5, 5.41) is 0. The Labute approximate surface area is 81.1 Å². The number of ether oxygens (including phenoxy) is 1. The van der Waals surface area contributed by atoms with Crippen molar-refractivity contribution in [2.45, 2.75) is 6.54 Å². The SMILES string of the molecule is O=c1ccncn1CCOCCCl. The van der Waals surface area contributed by atoms with Gasteiger partial charge in [0.05, 0.1) is 26.1 Å². The van der Waals surface area contributed by atoms with Gasteiger partial charge in [0.25, 0.3) is 5.56 Å². The summed E-state index contributed by atoms with van der Waals surface area (Å²) in [7, 11) is 0. The van der Waals surface area contributed by atoms with E-state index in [4.69, 9.17) is 16.3 Å². The van der Waals surface area contributed by atoms with Crippen LogP contribution in [0.15, 0.2) is 23.4 Å². The summed E-state index contributed by atoms with van der Waals surface area (Å²) >= 11 is 5.41. The number of alkyl halides is 1. The van der Waals surface area contributed by atoms with Crippen LogP contribution in [-0.4, -0.2) is 28.6 Å². The smallest absolute Gasteiger partial charge is 0.253 e. The number of rotatable bonds is 5. The molecule has 0 atom stereocenters. The summed E-state index contributed by atoms with van der Waals surface area (Å²) in [6.45, 7) is 1.51. The van der Waals surface area contributed by atoms with E-state index < -0.39 is 0 Å². The minimum atomic E-state index is -0.0653. The fraction of sp³-hybridized carbons (Fsp3) is 0.500. The second kappa shape index (κ2) is 5.72. The van der Waals surface area contributed by atoms with Gasteiger partial charge < -0.3 is 4.74 Å². The fourth-order valence-corrected chi connectivity index (χ4v) is 0.975. The Bertz CT molecular complexity index is 300. The average molecular weight is 203 g/mol. The Morgan fingerprint density at radius 1 is 1.54 bits per heavy atom. The maximum atomic E-state index is 11.1. The molecule has 0 N–H and O–H groups in total. The molecular formula is C8H11ClN2O2. The number of hydrogen-bond acceptors (Lipinski definition) is 3. The van der Waals surface area contributed by atoms with Gasteiger partial charge in [0.1, 0.15) is 0 Å². The molecule has 1 rings (SSSR count). The van der Waals surface area contributed by atoms with E-state index >= 15 is 0 Å². The maximum absolute atomic E-state index is 11.1. The van der Waals surface area contributed by atoms with E-state index in [1.165, 1.54) is 23.2 Å². The third kappa shape index (κ3) is 3.57. The predicted octanol–water partition coefficient (Wildman–Crippen LogP) is 0.499. The summed E-state index contributed by atoms with van der Waals surface area (Å²) < 4.78 is 6.62. The van der Waals surface area contributed by atoms with Gasteiger partial charge in [-0.25, -0.2) is 4.98 Å². The monoisotopic (exact) mass is 202 g/mol. The molecule has 0 saturated heterocycles. The quantitative estimate of drug-likeness (QED) is 0.516. The predicted molar refractivity (Wildman–Crippen MR) is 50.0 cm³/mol. The molecule has 0 bridgehead atoms. The molecule has 72 valence electrons. The van der Waals surface area contributed by atoms with Gasteiger partial charge in [0, 0.05) is 18.1 Å². The molecule has 13 heavy (non-hydrogen) atoms. The largest absolute Gasteiger partial charge is 0.378 e. The van der Waals surface area contributed by atoms with E-state index in [1.807, 2.05) is 0 Å². The van der Waals surface area contributed by atoms with Crippen LogP contribution in [0.1, 0.15) is 0 Å². The second-order valence-corrected chi connectivity index (χ2v) is 2.79. The number of halogens is 1. The van der Waals surface area contributed by atoms with Crippen molar-refractivity contribution >= 4 is 11.6 Å². The van der Waals surface area contributed by atoms with E-state index in [0.717, 1.165) is 0 Å². The van der Waals surface area contributed by atoms with Crippen LogP contribution in [0.5, 0.6) is 0 Å². The first-order chi connectivity index (χ1) is 6.34. The third-order valence-corrected chi connectivity index (χ3v) is 1.64. The molecule has 0 radical (unpaired) electrons. The van der Waals surface area contributed by atoms with Crippen molar-refractivity contribution in [3.8, 4) is 0 Å². The topological polar surface area (TPSA) is 44.1 Å². The standard InChI is InChI=1S/C8H11ClN2O2/c9-2-5-13-6-4-11-7-10-3-1-8(11)12/h1,3,7H,2,4-6H2. The highest BCUT2D eigenvalue weighted by atomic mass is 35.5.